The first-order valence-electron chi connectivity index (χ1n) is 20.3. The summed E-state index contributed by atoms with van der Waals surface area (Å²) < 4.78 is 15.4. The predicted octanol–water partition coefficient (Wildman–Crippen LogP) is 6.43. The quantitative estimate of drug-likeness (QED) is 0.127. The van der Waals surface area contributed by atoms with Gasteiger partial charge in [-0.3, -0.25) is 9.59 Å². The van der Waals surface area contributed by atoms with Crippen molar-refractivity contribution in [2.75, 3.05) is 27.4 Å². The lowest BCUT2D eigenvalue weighted by atomic mass is 9.95. The number of fused-ring (bicyclic) bond motifs is 2. The molecule has 308 valence electrons. The van der Waals surface area contributed by atoms with Gasteiger partial charge in [-0.15, -0.1) is 0 Å². The second-order valence-corrected chi connectivity index (χ2v) is 15.8. The van der Waals surface area contributed by atoms with Crippen molar-refractivity contribution in [1.29, 1.82) is 0 Å². The second-order valence-electron chi connectivity index (χ2n) is 15.8. The zero-order valence-electron chi connectivity index (χ0n) is 33.6. The van der Waals surface area contributed by atoms with Gasteiger partial charge < -0.3 is 45.0 Å². The number of likely N-dealkylation sites (tertiary alicyclic amines) is 1. The number of hydrogen-bond donors (Lipinski definition) is 5. The summed E-state index contributed by atoms with van der Waals surface area (Å²) in [5.74, 6) is 1.19. The zero-order chi connectivity index (χ0) is 40.8. The number of nitrogens with zero attached hydrogens (tertiary/aromatic N) is 3. The van der Waals surface area contributed by atoms with Crippen LogP contribution in [0, 0.1) is 11.8 Å². The molecule has 58 heavy (non-hydrogen) atoms. The van der Waals surface area contributed by atoms with E-state index in [1.165, 1.54) is 14.2 Å². The topological polar surface area (TPSA) is 193 Å². The number of carbonyl (C=O) groups is 4. The van der Waals surface area contributed by atoms with Gasteiger partial charge in [-0.1, -0.05) is 75.2 Å². The molecule has 3 fully saturated rings. The molecule has 1 aliphatic carbocycles. The standard InChI is InChI=1S/C43H54N8O7/c1-25(2)36(50-43(55)57-4)41(53)51-31-18-17-30(22-31)37(51)39-45-24-35(47-39)29-15-11-27(12-16-29)26-9-13-28(14-10-26)34-23-44-38(46-34)32-19-21-58-20-7-5-6-8-33(40(52)48-32)49-42(54)56-3/h9-16,23-25,30-33,36-37H,5-8,17-22H2,1-4H3,(H,44,46)(H,45,47)(H,48,52)(H,49,54)(H,50,55)/t30?,31?,32-,33-,36+,37-/m0/s1. The molecule has 2 aromatic heterocycles. The highest BCUT2D eigenvalue weighted by Crippen LogP contribution is 2.50. The van der Waals surface area contributed by atoms with Crippen LogP contribution < -0.4 is 16.0 Å². The Morgan fingerprint density at radius 1 is 0.776 bits per heavy atom. The summed E-state index contributed by atoms with van der Waals surface area (Å²) in [4.78, 5) is 69.6. The summed E-state index contributed by atoms with van der Waals surface area (Å²) >= 11 is 0. The van der Waals surface area contributed by atoms with Crippen LogP contribution >= 0.6 is 0 Å². The first-order chi connectivity index (χ1) is 28.1. The van der Waals surface area contributed by atoms with E-state index < -0.39 is 30.3 Å². The van der Waals surface area contributed by atoms with E-state index in [1.54, 1.807) is 6.20 Å². The maximum absolute atomic E-state index is 13.9. The van der Waals surface area contributed by atoms with Gasteiger partial charge in [0.2, 0.25) is 11.8 Å². The van der Waals surface area contributed by atoms with Gasteiger partial charge in [-0.25, -0.2) is 19.6 Å². The number of alkyl carbamates (subject to hydrolysis) is 2. The minimum atomic E-state index is -0.708. The third-order valence-electron chi connectivity index (χ3n) is 11.7. The summed E-state index contributed by atoms with van der Waals surface area (Å²) in [6, 6.07) is 14.6. The molecule has 1 saturated carbocycles. The van der Waals surface area contributed by atoms with Crippen molar-refractivity contribution < 1.29 is 33.4 Å². The fourth-order valence-corrected chi connectivity index (χ4v) is 8.55. The number of nitrogens with one attached hydrogen (secondary N) is 5. The molecule has 4 aromatic rings. The minimum absolute atomic E-state index is 0.0987. The molecule has 7 rings (SSSR count). The highest BCUT2D eigenvalue weighted by molar-refractivity contribution is 5.87. The largest absolute Gasteiger partial charge is 0.453 e. The molecule has 15 heteroatoms. The number of amides is 4. The maximum atomic E-state index is 13.9. The van der Waals surface area contributed by atoms with Gasteiger partial charge in [0.05, 0.1) is 50.1 Å². The first kappa shape index (κ1) is 40.5. The van der Waals surface area contributed by atoms with E-state index >= 15 is 0 Å². The molecule has 0 radical (unpaired) electrons. The van der Waals surface area contributed by atoms with Gasteiger partial charge in [0.25, 0.3) is 0 Å². The van der Waals surface area contributed by atoms with Gasteiger partial charge >= 0.3 is 12.2 Å². The van der Waals surface area contributed by atoms with Crippen molar-refractivity contribution in [1.82, 2.24) is 40.8 Å². The fourth-order valence-electron chi connectivity index (χ4n) is 8.55. The van der Waals surface area contributed by atoms with E-state index in [9.17, 15) is 19.2 Å². The molecular weight excluding hydrogens is 741 g/mol. The number of rotatable bonds is 9. The highest BCUT2D eigenvalue weighted by Gasteiger charge is 2.51. The molecule has 2 saturated heterocycles. The van der Waals surface area contributed by atoms with Crippen LogP contribution in [0.15, 0.2) is 60.9 Å². The lowest BCUT2D eigenvalue weighted by molar-refractivity contribution is -0.139. The van der Waals surface area contributed by atoms with Crippen LogP contribution in [0.4, 0.5) is 9.59 Å². The number of H-pyrrole nitrogens is 2. The number of carbonyl (C=O) groups excluding carboxylic acids is 4. The molecule has 6 atom stereocenters. The molecule has 2 unspecified atom stereocenters. The molecule has 15 nitrogen and oxygen atoms in total. The van der Waals surface area contributed by atoms with Crippen molar-refractivity contribution in [3.63, 3.8) is 0 Å². The number of piperidine rings is 1. The minimum Gasteiger partial charge on any atom is -0.453 e. The van der Waals surface area contributed by atoms with Gasteiger partial charge in [0.1, 0.15) is 23.7 Å². The summed E-state index contributed by atoms with van der Waals surface area (Å²) in [6.07, 6.45) is 8.83. The molecule has 5 N–H and O–H groups in total. The molecule has 2 aromatic carbocycles. The van der Waals surface area contributed by atoms with Crippen molar-refractivity contribution in [3.8, 4) is 33.6 Å². The monoisotopic (exact) mass is 794 g/mol. The average molecular weight is 795 g/mol. The van der Waals surface area contributed by atoms with Gasteiger partial charge in [-0.05, 0) is 72.6 Å². The Balaban J connectivity index is 1.02. The van der Waals surface area contributed by atoms with Crippen LogP contribution in [0.5, 0.6) is 0 Å². The predicted molar refractivity (Wildman–Crippen MR) is 216 cm³/mol. The number of methoxy groups -OCH3 is 2. The van der Waals surface area contributed by atoms with Crippen LogP contribution in [0.25, 0.3) is 33.6 Å². The van der Waals surface area contributed by atoms with Crippen molar-refractivity contribution >= 4 is 24.0 Å². The molecule has 0 spiro atoms. The summed E-state index contributed by atoms with van der Waals surface area (Å²) in [7, 11) is 2.59. The summed E-state index contributed by atoms with van der Waals surface area (Å²) in [6.45, 7) is 4.95. The molecule has 2 bridgehead atoms. The maximum Gasteiger partial charge on any atom is 0.407 e. The van der Waals surface area contributed by atoms with Crippen LogP contribution in [0.2, 0.25) is 0 Å². The summed E-state index contributed by atoms with van der Waals surface area (Å²) in [5.41, 5.74) is 5.70. The third kappa shape index (κ3) is 9.04. The Labute approximate surface area is 338 Å². The van der Waals surface area contributed by atoms with Crippen molar-refractivity contribution in [2.45, 2.75) is 95.4 Å². The smallest absolute Gasteiger partial charge is 0.407 e. The van der Waals surface area contributed by atoms with E-state index in [1.807, 2.05) is 37.1 Å². The Hall–Kier alpha value is -5.70. The van der Waals surface area contributed by atoms with Gasteiger partial charge in [0, 0.05) is 19.3 Å². The van der Waals surface area contributed by atoms with Crippen LogP contribution in [-0.4, -0.2) is 94.4 Å². The lowest BCUT2D eigenvalue weighted by Crippen LogP contribution is -2.54. The Kier molecular flexibility index (Phi) is 12.8. The first-order valence-corrected chi connectivity index (χ1v) is 20.3. The van der Waals surface area contributed by atoms with E-state index in [0.29, 0.717) is 37.8 Å². The van der Waals surface area contributed by atoms with Crippen LogP contribution in [-0.2, 0) is 23.8 Å². The van der Waals surface area contributed by atoms with E-state index in [-0.39, 0.29) is 29.8 Å². The second kappa shape index (κ2) is 18.3. The molecule has 4 heterocycles. The molecule has 2 aliphatic heterocycles. The van der Waals surface area contributed by atoms with Crippen LogP contribution in [0.1, 0.15) is 88.9 Å². The van der Waals surface area contributed by atoms with E-state index in [0.717, 1.165) is 78.0 Å². The number of imidazole rings is 2. The Bertz CT molecular complexity index is 2050. The molecule has 3 aliphatic rings. The average Bonchev–Trinajstić information content (AvgIpc) is 4.07. The van der Waals surface area contributed by atoms with E-state index in [2.05, 4.69) is 67.3 Å². The highest BCUT2D eigenvalue weighted by atomic mass is 16.5. The molecular formula is C43H54N8O7. The van der Waals surface area contributed by atoms with Gasteiger partial charge in [-0.2, -0.15) is 0 Å². The zero-order valence-corrected chi connectivity index (χ0v) is 33.6. The number of aromatic nitrogens is 4. The van der Waals surface area contributed by atoms with Crippen LogP contribution in [0.3, 0.4) is 0 Å². The third-order valence-corrected chi connectivity index (χ3v) is 11.7. The Morgan fingerprint density at radius 3 is 2.03 bits per heavy atom. The normalized spacial score (nSPS) is 23.0. The fraction of sp³-hybridized carbons (Fsp3) is 0.488. The number of aromatic amines is 2. The van der Waals surface area contributed by atoms with Crippen molar-refractivity contribution in [2.24, 2.45) is 11.8 Å². The summed E-state index contributed by atoms with van der Waals surface area (Å²) in [5, 5.41) is 8.49. The number of hydrogen-bond acceptors (Lipinski definition) is 9. The lowest BCUT2D eigenvalue weighted by Gasteiger charge is -2.37. The number of ether oxygens (including phenoxy) is 3. The Morgan fingerprint density at radius 2 is 1.40 bits per heavy atom. The molecule has 4 amide bonds. The number of benzene rings is 2. The van der Waals surface area contributed by atoms with Gasteiger partial charge in [0.15, 0.2) is 0 Å². The van der Waals surface area contributed by atoms with Crippen molar-refractivity contribution in [3.05, 3.63) is 72.6 Å². The van der Waals surface area contributed by atoms with E-state index in [4.69, 9.17) is 19.2 Å². The SMILES string of the molecule is COC(=O)N[C@H]1CCCCCOCC[C@@H](c2ncc(-c3ccc(-c4ccc(-c5cnc([C@@H]6C7CCC(C7)N6C(=O)[C@H](NC(=O)OC)C(C)C)[nH]5)cc4)cc3)[nH]2)NC1=O.